The molecular formula is C31H35N7. The van der Waals surface area contributed by atoms with Crippen molar-refractivity contribution in [1.82, 2.24) is 29.5 Å². The minimum Gasteiger partial charge on any atom is -0.349 e. The van der Waals surface area contributed by atoms with Gasteiger partial charge in [-0.25, -0.2) is 4.98 Å². The van der Waals surface area contributed by atoms with E-state index in [2.05, 4.69) is 95.6 Å². The van der Waals surface area contributed by atoms with Crippen LogP contribution in [0.2, 0.25) is 0 Å². The number of pyridine rings is 1. The molecule has 7 heteroatoms. The van der Waals surface area contributed by atoms with Crippen LogP contribution in [0.1, 0.15) is 47.0 Å². The molecule has 1 atom stereocenters. The third-order valence-corrected chi connectivity index (χ3v) is 7.92. The molecular weight excluding hydrogens is 470 g/mol. The summed E-state index contributed by atoms with van der Waals surface area (Å²) in [5.74, 6) is 0.751. The standard InChI is InChI=1S/C31H35N7/c1-21(2)37-18-8-7-11-26(37)31(3,4)35-30-34-28(23-14-16-32-17-15-23)27(29-36-33-20-38(29)30)25-13-12-22-9-5-6-10-24(22)19-25/h5-6,9-10,12-17,19-21,26H,7-8,11,18H2,1-4H3,(H,34,35). The fraction of sp³-hybridized carbons (Fsp3) is 0.355. The van der Waals surface area contributed by atoms with Gasteiger partial charge in [0, 0.05) is 30.0 Å². The third kappa shape index (κ3) is 4.41. The molecule has 3 aromatic heterocycles. The molecule has 1 aliphatic rings. The fourth-order valence-corrected chi connectivity index (χ4v) is 6.02. The van der Waals surface area contributed by atoms with Crippen LogP contribution in [0.5, 0.6) is 0 Å². The number of anilines is 1. The molecule has 0 saturated carbocycles. The maximum Gasteiger partial charge on any atom is 0.211 e. The lowest BCUT2D eigenvalue weighted by molar-refractivity contribution is 0.0740. The third-order valence-electron chi connectivity index (χ3n) is 7.92. The Bertz CT molecular complexity index is 1570. The number of aromatic nitrogens is 5. The highest BCUT2D eigenvalue weighted by Gasteiger charge is 2.38. The summed E-state index contributed by atoms with van der Waals surface area (Å²) in [6, 6.07) is 19.8. The highest BCUT2D eigenvalue weighted by Crippen LogP contribution is 2.37. The van der Waals surface area contributed by atoms with Crippen LogP contribution in [-0.4, -0.2) is 53.6 Å². The molecule has 1 N–H and O–H groups in total. The first-order valence-electron chi connectivity index (χ1n) is 13.6. The molecule has 0 aliphatic carbocycles. The van der Waals surface area contributed by atoms with Gasteiger partial charge in [0.05, 0.1) is 16.8 Å². The van der Waals surface area contributed by atoms with Crippen LogP contribution in [0.25, 0.3) is 38.8 Å². The zero-order valence-corrected chi connectivity index (χ0v) is 22.6. The summed E-state index contributed by atoms with van der Waals surface area (Å²) in [7, 11) is 0. The van der Waals surface area contributed by atoms with E-state index in [1.54, 1.807) is 6.33 Å². The van der Waals surface area contributed by atoms with Gasteiger partial charge in [0.25, 0.3) is 0 Å². The molecule has 7 nitrogen and oxygen atoms in total. The van der Waals surface area contributed by atoms with Gasteiger partial charge in [-0.15, -0.1) is 10.2 Å². The van der Waals surface area contributed by atoms with E-state index in [0.717, 1.165) is 46.9 Å². The molecule has 6 rings (SSSR count). The molecule has 1 saturated heterocycles. The van der Waals surface area contributed by atoms with Crippen molar-refractivity contribution < 1.29 is 0 Å². The van der Waals surface area contributed by atoms with Gasteiger partial charge in [0.1, 0.15) is 6.33 Å². The van der Waals surface area contributed by atoms with Crippen LogP contribution in [0, 0.1) is 0 Å². The summed E-state index contributed by atoms with van der Waals surface area (Å²) < 4.78 is 2.00. The largest absolute Gasteiger partial charge is 0.349 e. The molecule has 1 fully saturated rings. The van der Waals surface area contributed by atoms with Crippen molar-refractivity contribution in [2.75, 3.05) is 11.9 Å². The van der Waals surface area contributed by atoms with Crippen molar-refractivity contribution in [3.05, 3.63) is 73.3 Å². The van der Waals surface area contributed by atoms with Crippen LogP contribution in [-0.2, 0) is 0 Å². The molecule has 194 valence electrons. The summed E-state index contributed by atoms with van der Waals surface area (Å²) in [6.45, 7) is 10.3. The summed E-state index contributed by atoms with van der Waals surface area (Å²) in [6.07, 6.45) is 9.06. The van der Waals surface area contributed by atoms with Gasteiger partial charge in [-0.3, -0.25) is 14.3 Å². The number of fused-ring (bicyclic) bond motifs is 2. The Morgan fingerprint density at radius 2 is 1.74 bits per heavy atom. The van der Waals surface area contributed by atoms with E-state index in [4.69, 9.17) is 4.98 Å². The van der Waals surface area contributed by atoms with E-state index in [0.29, 0.717) is 12.1 Å². The van der Waals surface area contributed by atoms with Crippen LogP contribution >= 0.6 is 0 Å². The number of nitrogens with zero attached hydrogens (tertiary/aromatic N) is 6. The topological polar surface area (TPSA) is 71.2 Å². The van der Waals surface area contributed by atoms with Gasteiger partial charge in [-0.2, -0.15) is 0 Å². The number of hydrogen-bond donors (Lipinski definition) is 1. The van der Waals surface area contributed by atoms with E-state index < -0.39 is 0 Å². The predicted octanol–water partition coefficient (Wildman–Crippen LogP) is 6.46. The molecule has 0 radical (unpaired) electrons. The lowest BCUT2D eigenvalue weighted by Gasteiger charge is -2.47. The Kier molecular flexibility index (Phi) is 6.32. The van der Waals surface area contributed by atoms with Gasteiger partial charge in [-0.05, 0) is 81.6 Å². The maximum absolute atomic E-state index is 5.28. The van der Waals surface area contributed by atoms with E-state index in [9.17, 15) is 0 Å². The van der Waals surface area contributed by atoms with Crippen molar-refractivity contribution in [2.24, 2.45) is 0 Å². The first-order chi connectivity index (χ1) is 18.4. The van der Waals surface area contributed by atoms with Gasteiger partial charge >= 0.3 is 0 Å². The predicted molar refractivity (Wildman–Crippen MR) is 154 cm³/mol. The molecule has 0 bridgehead atoms. The number of benzene rings is 2. The minimum absolute atomic E-state index is 0.213. The lowest BCUT2D eigenvalue weighted by atomic mass is 9.85. The van der Waals surface area contributed by atoms with Crippen molar-refractivity contribution >= 4 is 22.4 Å². The van der Waals surface area contributed by atoms with E-state index in [1.807, 2.05) is 28.9 Å². The van der Waals surface area contributed by atoms with E-state index in [1.165, 1.54) is 23.6 Å². The summed E-state index contributed by atoms with van der Waals surface area (Å²) in [5, 5.41) is 15.2. The molecule has 4 heterocycles. The molecule has 5 aromatic rings. The van der Waals surface area contributed by atoms with Crippen LogP contribution < -0.4 is 5.32 Å². The van der Waals surface area contributed by atoms with Crippen LogP contribution in [0.3, 0.4) is 0 Å². The lowest BCUT2D eigenvalue weighted by Crippen LogP contribution is -2.57. The van der Waals surface area contributed by atoms with Crippen molar-refractivity contribution in [3.8, 4) is 22.4 Å². The average molecular weight is 506 g/mol. The van der Waals surface area contributed by atoms with E-state index in [-0.39, 0.29) is 5.54 Å². The Morgan fingerprint density at radius 1 is 0.947 bits per heavy atom. The number of rotatable bonds is 6. The number of nitrogens with one attached hydrogen (secondary N) is 1. The summed E-state index contributed by atoms with van der Waals surface area (Å²) in [5.41, 5.74) is 4.45. The molecule has 38 heavy (non-hydrogen) atoms. The summed E-state index contributed by atoms with van der Waals surface area (Å²) in [4.78, 5) is 12.2. The highest BCUT2D eigenvalue weighted by atomic mass is 15.3. The van der Waals surface area contributed by atoms with Gasteiger partial charge in [0.2, 0.25) is 5.95 Å². The second kappa shape index (κ2) is 9.80. The normalized spacial score (nSPS) is 16.9. The van der Waals surface area contributed by atoms with Crippen LogP contribution in [0.15, 0.2) is 73.3 Å². The minimum atomic E-state index is -0.213. The fourth-order valence-electron chi connectivity index (χ4n) is 6.02. The zero-order valence-electron chi connectivity index (χ0n) is 22.6. The first-order valence-corrected chi connectivity index (χ1v) is 13.6. The van der Waals surface area contributed by atoms with Gasteiger partial charge in [-0.1, -0.05) is 42.8 Å². The number of piperidine rings is 1. The molecule has 0 spiro atoms. The average Bonchev–Trinajstić information content (AvgIpc) is 3.43. The first kappa shape index (κ1) is 24.5. The second-order valence-electron chi connectivity index (χ2n) is 11.2. The number of hydrogen-bond acceptors (Lipinski definition) is 6. The van der Waals surface area contributed by atoms with Gasteiger partial charge < -0.3 is 5.32 Å². The SMILES string of the molecule is CC(C)N1CCCCC1C(C)(C)Nc1nc(-c2ccncc2)c(-c2ccc3ccccc3c2)c2nncn12. The number of likely N-dealkylation sites (tertiary alicyclic amines) is 1. The summed E-state index contributed by atoms with van der Waals surface area (Å²) >= 11 is 0. The monoisotopic (exact) mass is 505 g/mol. The Labute approximate surface area is 224 Å². The quantitative estimate of drug-likeness (QED) is 0.286. The van der Waals surface area contributed by atoms with Crippen molar-refractivity contribution in [1.29, 1.82) is 0 Å². The zero-order chi connectivity index (χ0) is 26.3. The molecule has 1 aliphatic heterocycles. The Morgan fingerprint density at radius 3 is 2.53 bits per heavy atom. The second-order valence-corrected chi connectivity index (χ2v) is 11.2. The van der Waals surface area contributed by atoms with E-state index >= 15 is 0 Å². The van der Waals surface area contributed by atoms with Crippen LogP contribution in [0.4, 0.5) is 5.95 Å². The highest BCUT2D eigenvalue weighted by molar-refractivity contribution is 5.95. The maximum atomic E-state index is 5.28. The van der Waals surface area contributed by atoms with Gasteiger partial charge in [0.15, 0.2) is 5.65 Å². The smallest absolute Gasteiger partial charge is 0.211 e. The molecule has 2 aromatic carbocycles. The van der Waals surface area contributed by atoms with Crippen molar-refractivity contribution in [2.45, 2.75) is 64.6 Å². The molecule has 0 amide bonds. The Hall–Kier alpha value is -3.84. The van der Waals surface area contributed by atoms with Crippen molar-refractivity contribution in [3.63, 3.8) is 0 Å². The Balaban J connectivity index is 1.52. The molecule has 1 unspecified atom stereocenters.